The van der Waals surface area contributed by atoms with E-state index in [1.807, 2.05) is 4.72 Å². The van der Waals surface area contributed by atoms with Crippen LogP contribution in [-0.4, -0.2) is 72.1 Å². The second kappa shape index (κ2) is 11.3. The first kappa shape index (κ1) is 30.9. The molecular weight excluding hydrogens is 594 g/mol. The quantitative estimate of drug-likeness (QED) is 0.112. The van der Waals surface area contributed by atoms with Gasteiger partial charge in [-0.05, 0) is 31.2 Å². The van der Waals surface area contributed by atoms with Crippen LogP contribution in [0, 0.1) is 0 Å². The zero-order valence-corrected chi connectivity index (χ0v) is 23.3. The van der Waals surface area contributed by atoms with Crippen LogP contribution in [0.15, 0.2) is 58.6 Å². The molecule has 3 aromatic heterocycles. The Kier molecular flexibility index (Phi) is 8.16. The maximum absolute atomic E-state index is 13.5. The molecular formula is C25H25N5O12S. The minimum atomic E-state index is -5.11. The third-order valence-electron chi connectivity index (χ3n) is 5.45. The van der Waals surface area contributed by atoms with Gasteiger partial charge >= 0.3 is 5.97 Å². The summed E-state index contributed by atoms with van der Waals surface area (Å²) in [6, 6.07) is 8.94. The molecule has 8 N–H and O–H groups in total. The fraction of sp³-hybridized carbons (Fsp3) is 0.200. The number of methoxy groups -OCH3 is 1. The molecule has 0 amide bonds. The molecule has 17 nitrogen and oxygen atoms in total. The number of H-pyrrole nitrogens is 1. The summed E-state index contributed by atoms with van der Waals surface area (Å²) in [6.07, 6.45) is 2.74. The number of aromatic hydroxyl groups is 2. The maximum Gasteiger partial charge on any atom is 0.320 e. The van der Waals surface area contributed by atoms with Crippen molar-refractivity contribution >= 4 is 15.8 Å². The van der Waals surface area contributed by atoms with Gasteiger partial charge < -0.3 is 49.8 Å². The van der Waals surface area contributed by atoms with Crippen molar-refractivity contribution < 1.29 is 53.3 Å². The molecule has 0 atom stereocenters. The van der Waals surface area contributed by atoms with Crippen LogP contribution in [0.5, 0.6) is 34.6 Å². The van der Waals surface area contributed by atoms with Crippen molar-refractivity contribution in [3.63, 3.8) is 0 Å². The van der Waals surface area contributed by atoms with Gasteiger partial charge in [-0.1, -0.05) is 12.1 Å². The predicted molar refractivity (Wildman–Crippen MR) is 145 cm³/mol. The number of pyridine rings is 2. The number of anilines is 1. The van der Waals surface area contributed by atoms with E-state index in [0.717, 1.165) is 6.92 Å². The van der Waals surface area contributed by atoms with Crippen LogP contribution in [0.3, 0.4) is 0 Å². The molecule has 0 saturated heterocycles. The molecule has 0 bridgehead atoms. The Morgan fingerprint density at radius 2 is 1.56 bits per heavy atom. The molecule has 0 unspecified atom stereocenters. The lowest BCUT2D eigenvalue weighted by molar-refractivity contribution is -0.279. The second-order valence-corrected chi connectivity index (χ2v) is 10.7. The van der Waals surface area contributed by atoms with Gasteiger partial charge in [0, 0.05) is 24.9 Å². The fourth-order valence-electron chi connectivity index (χ4n) is 3.66. The van der Waals surface area contributed by atoms with E-state index in [2.05, 4.69) is 15.0 Å². The lowest BCUT2D eigenvalue weighted by atomic mass is 10.1. The van der Waals surface area contributed by atoms with Crippen LogP contribution in [0.25, 0.3) is 11.4 Å². The van der Waals surface area contributed by atoms with Crippen LogP contribution in [-0.2, 0) is 15.8 Å². The van der Waals surface area contributed by atoms with Crippen molar-refractivity contribution in [2.45, 2.75) is 30.6 Å². The van der Waals surface area contributed by atoms with Gasteiger partial charge in [0.1, 0.15) is 5.56 Å². The van der Waals surface area contributed by atoms with Gasteiger partial charge in [0.2, 0.25) is 10.8 Å². The highest BCUT2D eigenvalue weighted by Gasteiger charge is 2.35. The normalized spacial score (nSPS) is 12.1. The Hall–Kier alpha value is -5.01. The molecule has 0 spiro atoms. The molecule has 1 aromatic carbocycles. The van der Waals surface area contributed by atoms with Gasteiger partial charge in [-0.25, -0.2) is 4.98 Å². The number of benzene rings is 1. The standard InChI is InChI=1S/C25H25N5O12S/c1-24(34,35)15-16(31)17(32)23(29-21(15)33)43(38,39)30-20-18(41-14-7-5-4-6-13(14)40-3)22(42-25(2,36)37)28-19(27-20)12-8-10-26-11-9-12/h4-11,32,34-37H,1-3H3,(H,27,28,30)(H2,29,31,33). The Labute approximate surface area is 242 Å². The fourth-order valence-corrected chi connectivity index (χ4v) is 4.73. The molecule has 4 aromatic rings. The first-order valence-electron chi connectivity index (χ1n) is 11.9. The molecule has 0 saturated carbocycles. The third-order valence-corrected chi connectivity index (χ3v) is 6.74. The number of aromatic nitrogens is 4. The molecule has 0 aliphatic heterocycles. The highest BCUT2D eigenvalue weighted by Crippen LogP contribution is 2.43. The minimum Gasteiger partial charge on any atom is -0.504 e. The van der Waals surface area contributed by atoms with Gasteiger partial charge in [0.25, 0.3) is 21.5 Å². The van der Waals surface area contributed by atoms with Crippen molar-refractivity contribution in [2.24, 2.45) is 0 Å². The molecule has 43 heavy (non-hydrogen) atoms. The van der Waals surface area contributed by atoms with Crippen LogP contribution in [0.4, 0.5) is 5.82 Å². The van der Waals surface area contributed by atoms with Crippen LogP contribution >= 0.6 is 0 Å². The number of hydrogen-bond donors (Lipinski definition) is 8. The maximum atomic E-state index is 13.5. The minimum absolute atomic E-state index is 0.0310. The zero-order chi connectivity index (χ0) is 31.7. The molecule has 3 heterocycles. The smallest absolute Gasteiger partial charge is 0.320 e. The summed E-state index contributed by atoms with van der Waals surface area (Å²) in [5.41, 5.74) is -2.34. The summed E-state index contributed by atoms with van der Waals surface area (Å²) in [6.45, 7) is 1.53. The molecule has 228 valence electrons. The van der Waals surface area contributed by atoms with Crippen molar-refractivity contribution in [2.75, 3.05) is 11.8 Å². The van der Waals surface area contributed by atoms with Crippen molar-refractivity contribution in [1.29, 1.82) is 0 Å². The van der Waals surface area contributed by atoms with Crippen LogP contribution in [0.1, 0.15) is 19.4 Å². The Morgan fingerprint density at radius 3 is 2.14 bits per heavy atom. The monoisotopic (exact) mass is 619 g/mol. The number of nitrogens with zero attached hydrogens (tertiary/aromatic N) is 3. The molecule has 0 fully saturated rings. The lowest BCUT2D eigenvalue weighted by Crippen LogP contribution is -2.32. The number of sulfonamides is 1. The number of hydrogen-bond acceptors (Lipinski definition) is 15. The van der Waals surface area contributed by atoms with Crippen molar-refractivity contribution in [1.82, 2.24) is 19.9 Å². The molecule has 0 radical (unpaired) electrons. The summed E-state index contributed by atoms with van der Waals surface area (Å²) in [7, 11) is -3.79. The number of para-hydroxylation sites is 2. The van der Waals surface area contributed by atoms with E-state index in [1.165, 1.54) is 43.8 Å². The summed E-state index contributed by atoms with van der Waals surface area (Å²) < 4.78 is 45.2. The molecule has 0 aliphatic carbocycles. The summed E-state index contributed by atoms with van der Waals surface area (Å²) in [5, 5.41) is 59.0. The van der Waals surface area contributed by atoms with E-state index in [4.69, 9.17) is 14.2 Å². The number of nitrogens with one attached hydrogen (secondary N) is 2. The van der Waals surface area contributed by atoms with Crippen LogP contribution < -0.4 is 24.5 Å². The van der Waals surface area contributed by atoms with Gasteiger partial charge in [-0.3, -0.25) is 14.5 Å². The number of ether oxygens (including phenoxy) is 3. The van der Waals surface area contributed by atoms with Crippen LogP contribution in [0.2, 0.25) is 0 Å². The third kappa shape index (κ3) is 6.74. The highest BCUT2D eigenvalue weighted by molar-refractivity contribution is 7.92. The average molecular weight is 620 g/mol. The van der Waals surface area contributed by atoms with E-state index in [9.17, 15) is 43.9 Å². The molecule has 4 rings (SSSR count). The van der Waals surface area contributed by atoms with E-state index < -0.39 is 66.9 Å². The average Bonchev–Trinajstić information content (AvgIpc) is 2.91. The van der Waals surface area contributed by atoms with E-state index in [1.54, 1.807) is 17.1 Å². The Morgan fingerprint density at radius 1 is 0.930 bits per heavy atom. The Bertz CT molecular complexity index is 1820. The predicted octanol–water partition coefficient (Wildman–Crippen LogP) is 0.434. The summed E-state index contributed by atoms with van der Waals surface area (Å²) in [5.74, 6) is -10.9. The first-order chi connectivity index (χ1) is 20.0. The van der Waals surface area contributed by atoms with Gasteiger partial charge in [-0.15, -0.1) is 0 Å². The van der Waals surface area contributed by atoms with Gasteiger partial charge in [0.05, 0.1) is 7.11 Å². The summed E-state index contributed by atoms with van der Waals surface area (Å²) >= 11 is 0. The zero-order valence-electron chi connectivity index (χ0n) is 22.5. The van der Waals surface area contributed by atoms with Crippen molar-refractivity contribution in [3.05, 3.63) is 64.7 Å². The Balaban J connectivity index is 1.97. The largest absolute Gasteiger partial charge is 0.504 e. The molecule has 0 aliphatic rings. The van der Waals surface area contributed by atoms with Gasteiger partial charge in [-0.2, -0.15) is 13.4 Å². The van der Waals surface area contributed by atoms with E-state index in [0.29, 0.717) is 6.92 Å². The number of rotatable bonds is 10. The van der Waals surface area contributed by atoms with Crippen molar-refractivity contribution in [3.8, 4) is 46.0 Å². The lowest BCUT2D eigenvalue weighted by Gasteiger charge is -2.22. The second-order valence-electron chi connectivity index (χ2n) is 9.04. The highest BCUT2D eigenvalue weighted by atomic mass is 32.2. The number of aliphatic hydroxyl groups is 4. The number of aromatic amines is 1. The summed E-state index contributed by atoms with van der Waals surface area (Å²) in [4.78, 5) is 26.5. The molecule has 18 heteroatoms. The van der Waals surface area contributed by atoms with E-state index >= 15 is 0 Å². The van der Waals surface area contributed by atoms with E-state index in [-0.39, 0.29) is 22.9 Å². The SMILES string of the molecule is COc1ccccc1Oc1c(NS(=O)(=O)c2[nH]c(=O)c(C(C)(O)O)c(O)c2O)nc(-c2ccncc2)nc1OC(C)(O)O. The van der Waals surface area contributed by atoms with Gasteiger partial charge in [0.15, 0.2) is 40.4 Å². The first-order valence-corrected chi connectivity index (χ1v) is 13.4. The topological polar surface area (TPSA) is 267 Å².